The van der Waals surface area contributed by atoms with Crippen LogP contribution in [0.5, 0.6) is 0 Å². The smallest absolute Gasteiger partial charge is 0.416 e. The maximum atomic E-state index is 13.8. The molecule has 442 valence electrons. The van der Waals surface area contributed by atoms with Crippen LogP contribution in [-0.4, -0.2) is 119 Å². The van der Waals surface area contributed by atoms with E-state index in [9.17, 15) is 37.8 Å². The van der Waals surface area contributed by atoms with E-state index in [1.807, 2.05) is 22.9 Å². The molecular weight excluding hydrogens is 1100 g/mol. The van der Waals surface area contributed by atoms with Crippen LogP contribution in [0.4, 0.5) is 18.9 Å². The fourth-order valence-electron chi connectivity index (χ4n) is 13.2. The van der Waals surface area contributed by atoms with Crippen LogP contribution in [0.3, 0.4) is 0 Å². The molecule has 0 radical (unpaired) electrons. The summed E-state index contributed by atoms with van der Waals surface area (Å²) in [7, 11) is -2.24. The third-order valence-electron chi connectivity index (χ3n) is 18.5. The SMILES string of the molecule is C[Si]1(C)C2=CC(=[N+]3CCC3)C=CC2=C(c2cc(C(=O)NCCCCCCn3cc(CCCCN4CCC(c5ccc(-c6cc(C(=O)O)cc7cc(-c8ccc(C(F)(F)F)cc8)ccc67)cc5)CC4)nn3)ccc2C(=O)O)c2ccc(N3CCC3)cc21. The molecular formula is C70H73F3N7O5Si+. The van der Waals surface area contributed by atoms with Crippen molar-refractivity contribution in [1.29, 1.82) is 0 Å². The van der Waals surface area contributed by atoms with Crippen molar-refractivity contribution < 1.29 is 42.3 Å². The maximum Gasteiger partial charge on any atom is 0.416 e. The van der Waals surface area contributed by atoms with Crippen molar-refractivity contribution in [1.82, 2.24) is 25.2 Å². The average Bonchev–Trinajstić information content (AvgIpc) is 0.949. The Hall–Kier alpha value is -8.21. The zero-order chi connectivity index (χ0) is 59.7. The predicted molar refractivity (Wildman–Crippen MR) is 336 cm³/mol. The number of nitrogens with zero attached hydrogens (tertiary/aromatic N) is 6. The number of allylic oxidation sites excluding steroid dienone is 5. The molecule has 86 heavy (non-hydrogen) atoms. The van der Waals surface area contributed by atoms with Crippen LogP contribution >= 0.6 is 0 Å². The van der Waals surface area contributed by atoms with E-state index < -0.39 is 31.8 Å². The lowest BCUT2D eigenvalue weighted by molar-refractivity contribution is -0.582. The van der Waals surface area contributed by atoms with Crippen molar-refractivity contribution in [3.8, 4) is 22.3 Å². The number of rotatable bonds is 20. The predicted octanol–water partition coefficient (Wildman–Crippen LogP) is 13.2. The molecule has 0 spiro atoms. The van der Waals surface area contributed by atoms with Gasteiger partial charge in [0.2, 0.25) is 0 Å². The highest BCUT2D eigenvalue weighted by molar-refractivity contribution is 6.98. The Bertz CT molecular complexity index is 3880. The van der Waals surface area contributed by atoms with E-state index >= 15 is 0 Å². The van der Waals surface area contributed by atoms with Gasteiger partial charge in [0, 0.05) is 55.8 Å². The molecule has 0 unspecified atom stereocenters. The van der Waals surface area contributed by atoms with Gasteiger partial charge in [-0.15, -0.1) is 5.10 Å². The van der Waals surface area contributed by atoms with E-state index in [4.69, 9.17) is 0 Å². The minimum atomic E-state index is -4.43. The normalized spacial score (nSPS) is 16.8. The van der Waals surface area contributed by atoms with Gasteiger partial charge in [-0.2, -0.15) is 13.2 Å². The monoisotopic (exact) mass is 1180 g/mol. The molecule has 16 heteroatoms. The number of unbranched alkanes of at least 4 members (excludes halogenated alkanes) is 4. The van der Waals surface area contributed by atoms with Crippen LogP contribution in [0.15, 0.2) is 150 Å². The first-order valence-corrected chi connectivity index (χ1v) is 33.6. The van der Waals surface area contributed by atoms with Gasteiger partial charge in [0.05, 0.1) is 28.8 Å². The van der Waals surface area contributed by atoms with Gasteiger partial charge in [-0.25, -0.2) is 14.2 Å². The molecule has 1 amide bonds. The number of hydrogen-bond donors (Lipinski definition) is 3. The lowest BCUT2D eigenvalue weighted by Crippen LogP contribution is -2.50. The van der Waals surface area contributed by atoms with Crippen LogP contribution in [-0.2, 0) is 19.1 Å². The molecule has 3 saturated heterocycles. The Morgan fingerprint density at radius 1 is 0.698 bits per heavy atom. The number of aromatic nitrogens is 3. The van der Waals surface area contributed by atoms with E-state index in [0.717, 1.165) is 161 Å². The average molecular weight is 1180 g/mol. The number of carboxylic acid groups (broad SMARTS) is 2. The third kappa shape index (κ3) is 12.3. The third-order valence-corrected chi connectivity index (χ3v) is 22.0. The molecule has 5 heterocycles. The van der Waals surface area contributed by atoms with Gasteiger partial charge < -0.3 is 25.3 Å². The van der Waals surface area contributed by atoms with Crippen LogP contribution in [0.1, 0.15) is 129 Å². The van der Waals surface area contributed by atoms with Gasteiger partial charge in [0.25, 0.3) is 5.91 Å². The highest BCUT2D eigenvalue weighted by Gasteiger charge is 2.42. The minimum absolute atomic E-state index is 0.145. The first kappa shape index (κ1) is 58.2. The summed E-state index contributed by atoms with van der Waals surface area (Å²) in [5.41, 5.74) is 11.4. The maximum absolute atomic E-state index is 13.8. The molecule has 1 aromatic heterocycles. The number of carbonyl (C=O) groups excluding carboxylic acids is 1. The number of alkyl halides is 3. The molecule has 0 atom stereocenters. The number of anilines is 1. The Morgan fingerprint density at radius 3 is 2.14 bits per heavy atom. The van der Waals surface area contributed by atoms with Gasteiger partial charge in [-0.05, 0) is 215 Å². The van der Waals surface area contributed by atoms with Crippen LogP contribution in [0.25, 0.3) is 38.6 Å². The molecule has 1 aliphatic carbocycles. The Labute approximate surface area is 501 Å². The molecule has 4 aliphatic heterocycles. The van der Waals surface area contributed by atoms with Crippen molar-refractivity contribution in [2.24, 2.45) is 0 Å². The number of benzene rings is 6. The first-order chi connectivity index (χ1) is 41.5. The number of nitrogens with one attached hydrogen (secondary N) is 1. The summed E-state index contributed by atoms with van der Waals surface area (Å²) >= 11 is 0. The molecule has 3 N–H and O–H groups in total. The lowest BCUT2D eigenvalue weighted by atomic mass is 9.86. The van der Waals surface area contributed by atoms with E-state index in [1.165, 1.54) is 52.3 Å². The van der Waals surface area contributed by atoms with Gasteiger partial charge in [-0.3, -0.25) is 9.48 Å². The van der Waals surface area contributed by atoms with Gasteiger partial charge in [0.15, 0.2) is 5.71 Å². The van der Waals surface area contributed by atoms with Crippen molar-refractivity contribution in [2.45, 2.75) is 102 Å². The number of aryl methyl sites for hydroxylation is 2. The number of fused-ring (bicyclic) bond motifs is 3. The van der Waals surface area contributed by atoms with Crippen molar-refractivity contribution in [3.63, 3.8) is 0 Å². The second-order valence-electron chi connectivity index (χ2n) is 24.4. The Kier molecular flexibility index (Phi) is 16.7. The fourth-order valence-corrected chi connectivity index (χ4v) is 16.3. The van der Waals surface area contributed by atoms with E-state index in [2.05, 4.69) is 110 Å². The highest BCUT2D eigenvalue weighted by atomic mass is 28.3. The van der Waals surface area contributed by atoms with Crippen molar-refractivity contribution in [2.75, 3.05) is 57.3 Å². The summed E-state index contributed by atoms with van der Waals surface area (Å²) < 4.78 is 44.0. The summed E-state index contributed by atoms with van der Waals surface area (Å²) in [4.78, 5) is 44.0. The topological polar surface area (TPSA) is 144 Å². The van der Waals surface area contributed by atoms with Crippen LogP contribution in [0.2, 0.25) is 13.1 Å². The molecule has 12 rings (SSSR count). The zero-order valence-corrected chi connectivity index (χ0v) is 49.9. The molecule has 3 fully saturated rings. The van der Waals surface area contributed by atoms with Crippen molar-refractivity contribution >= 4 is 58.9 Å². The van der Waals surface area contributed by atoms with Gasteiger partial charge in [-0.1, -0.05) is 85.7 Å². The second kappa shape index (κ2) is 24.6. The van der Waals surface area contributed by atoms with Crippen LogP contribution < -0.4 is 15.4 Å². The number of likely N-dealkylation sites (tertiary alicyclic amines) is 1. The summed E-state index contributed by atoms with van der Waals surface area (Å²) in [5.74, 6) is -1.84. The van der Waals surface area contributed by atoms with Gasteiger partial charge >= 0.3 is 18.1 Å². The molecule has 7 aromatic rings. The first-order valence-electron chi connectivity index (χ1n) is 30.6. The number of hydrogen-bond acceptors (Lipinski definition) is 7. The summed E-state index contributed by atoms with van der Waals surface area (Å²) in [5, 5.41) is 36.8. The number of carboxylic acids is 2. The zero-order valence-electron chi connectivity index (χ0n) is 48.9. The number of piperidine rings is 1. The number of halogens is 3. The molecule has 6 aromatic carbocycles. The lowest BCUT2D eigenvalue weighted by Gasteiger charge is -2.40. The van der Waals surface area contributed by atoms with E-state index in [-0.39, 0.29) is 17.0 Å². The summed E-state index contributed by atoms with van der Waals surface area (Å²) in [6.07, 6.45) is 15.6. The Morgan fingerprint density at radius 2 is 1.43 bits per heavy atom. The standard InChI is InChI=1S/C70H72F3N7O5Si/c1-86(2)64-43-56(78-32-9-33-78)22-26-60(64)66(61-27-23-57(44-65(61)86)79-34-10-35-79)63-41-51(19-25-59(63)69(84)85)67(81)74-30-6-3-4-7-36-80-45-55(75-76-80)11-5-8-31-77-37-28-48(29-38-77)46-12-14-49(15-13-46)62-42-53(68(82)83)40-52-39-50(18-24-58(52)62)47-16-20-54(21-17-47)70(71,72)73/h12-27,39-45,48H,3-11,28-38H2,1-2H3,(H2-,74,81,82,83,84,85)/p+1. The second-order valence-corrected chi connectivity index (χ2v) is 28.7. The fraction of sp³-hybridized carbons (Fsp3) is 0.343. The number of aromatic carboxylic acids is 2. The number of amides is 1. The molecule has 0 bridgehead atoms. The molecule has 0 saturated carbocycles. The van der Waals surface area contributed by atoms with Gasteiger partial charge in [0.1, 0.15) is 21.2 Å². The van der Waals surface area contributed by atoms with Crippen LogP contribution in [0, 0.1) is 0 Å². The highest BCUT2D eigenvalue weighted by Crippen LogP contribution is 2.44. The Balaban J connectivity index is 0.581. The minimum Gasteiger partial charge on any atom is -0.478 e. The number of carbonyl (C=O) groups is 3. The molecule has 12 nitrogen and oxygen atoms in total. The summed E-state index contributed by atoms with van der Waals surface area (Å²) in [6, 6.07) is 34.1. The van der Waals surface area contributed by atoms with E-state index in [1.54, 1.807) is 30.3 Å². The largest absolute Gasteiger partial charge is 0.478 e. The van der Waals surface area contributed by atoms with E-state index in [0.29, 0.717) is 40.1 Å². The molecule has 5 aliphatic rings. The van der Waals surface area contributed by atoms with Crippen molar-refractivity contribution in [3.05, 3.63) is 195 Å². The summed E-state index contributed by atoms with van der Waals surface area (Å²) in [6.45, 7) is 13.4. The quantitative estimate of drug-likeness (QED) is 0.0386.